The topological polar surface area (TPSA) is 33.2 Å². The number of halogens is 3. The van der Waals surface area contributed by atoms with Crippen LogP contribution in [-0.4, -0.2) is 28.9 Å². The Labute approximate surface area is 138 Å². The van der Waals surface area contributed by atoms with Gasteiger partial charge in [-0.2, -0.15) is 13.2 Å². The second-order valence-corrected chi connectivity index (χ2v) is 6.23. The Hall–Kier alpha value is -2.11. The van der Waals surface area contributed by atoms with Gasteiger partial charge >= 0.3 is 6.18 Å². The molecule has 2 aromatic rings. The maximum Gasteiger partial charge on any atom is 0.417 e. The van der Waals surface area contributed by atoms with Crippen LogP contribution < -0.4 is 0 Å². The molecule has 3 nitrogen and oxygen atoms in total. The second-order valence-electron chi connectivity index (χ2n) is 6.23. The molecule has 1 aliphatic heterocycles. The van der Waals surface area contributed by atoms with Crippen LogP contribution in [0.1, 0.15) is 42.1 Å². The molecule has 1 unspecified atom stereocenters. The molecule has 24 heavy (non-hydrogen) atoms. The third kappa shape index (κ3) is 3.09. The number of piperidine rings is 1. The molecule has 3 rings (SSSR count). The molecule has 1 fully saturated rings. The summed E-state index contributed by atoms with van der Waals surface area (Å²) in [5.41, 5.74) is -0.985. The van der Waals surface area contributed by atoms with E-state index in [9.17, 15) is 18.0 Å². The molecule has 1 amide bonds. The smallest absolute Gasteiger partial charge is 0.338 e. The first-order valence-corrected chi connectivity index (χ1v) is 8.16. The Kier molecular flexibility index (Phi) is 4.47. The van der Waals surface area contributed by atoms with E-state index in [1.807, 2.05) is 6.92 Å². The number of rotatable bonds is 2. The summed E-state index contributed by atoms with van der Waals surface area (Å²) in [7, 11) is 0. The highest BCUT2D eigenvalue weighted by molar-refractivity contribution is 6.00. The van der Waals surface area contributed by atoms with Crippen LogP contribution in [-0.2, 0) is 6.18 Å². The predicted molar refractivity (Wildman–Crippen MR) is 85.7 cm³/mol. The van der Waals surface area contributed by atoms with Gasteiger partial charge in [-0.3, -0.25) is 9.78 Å². The van der Waals surface area contributed by atoms with Crippen molar-refractivity contribution in [3.63, 3.8) is 0 Å². The van der Waals surface area contributed by atoms with E-state index in [0.29, 0.717) is 19.0 Å². The zero-order valence-corrected chi connectivity index (χ0v) is 13.4. The maximum absolute atomic E-state index is 13.7. The molecule has 0 aliphatic carbocycles. The normalized spacial score (nSPS) is 18.8. The van der Waals surface area contributed by atoms with Gasteiger partial charge < -0.3 is 4.90 Å². The summed E-state index contributed by atoms with van der Waals surface area (Å²) in [6.07, 6.45) is -0.766. The van der Waals surface area contributed by atoms with Crippen molar-refractivity contribution >= 4 is 16.8 Å². The standard InChI is InChI=1S/C18H19F3N2O/c1-2-12-6-5-9-23(11-12)17(24)14-10-22-15-8-4-3-7-13(15)16(14)18(19,20)21/h3-4,7-8,10,12H,2,5-6,9,11H2,1H3. The zero-order chi connectivity index (χ0) is 17.3. The molecule has 1 saturated heterocycles. The number of pyridine rings is 1. The number of hydrogen-bond acceptors (Lipinski definition) is 2. The van der Waals surface area contributed by atoms with Crippen LogP contribution in [0.25, 0.3) is 10.9 Å². The zero-order valence-electron chi connectivity index (χ0n) is 13.4. The molecule has 2 heterocycles. The van der Waals surface area contributed by atoms with Gasteiger partial charge in [0, 0.05) is 24.7 Å². The number of carbonyl (C=O) groups is 1. The van der Waals surface area contributed by atoms with Gasteiger partial charge in [0.1, 0.15) is 0 Å². The molecule has 0 spiro atoms. The van der Waals surface area contributed by atoms with E-state index in [1.54, 1.807) is 11.0 Å². The second kappa shape index (κ2) is 6.42. The van der Waals surface area contributed by atoms with Crippen molar-refractivity contribution in [3.05, 3.63) is 41.6 Å². The highest BCUT2D eigenvalue weighted by Gasteiger charge is 2.39. The highest BCUT2D eigenvalue weighted by atomic mass is 19.4. The first-order valence-electron chi connectivity index (χ1n) is 8.16. The van der Waals surface area contributed by atoms with Crippen molar-refractivity contribution in [1.29, 1.82) is 0 Å². The van der Waals surface area contributed by atoms with E-state index in [-0.39, 0.29) is 16.5 Å². The van der Waals surface area contributed by atoms with Gasteiger partial charge in [-0.1, -0.05) is 31.5 Å². The Balaban J connectivity index is 2.07. The summed E-state index contributed by atoms with van der Waals surface area (Å²) in [4.78, 5) is 18.4. The third-order valence-electron chi connectivity index (χ3n) is 4.67. The lowest BCUT2D eigenvalue weighted by molar-refractivity contribution is -0.136. The van der Waals surface area contributed by atoms with E-state index in [0.717, 1.165) is 25.5 Å². The Bertz CT molecular complexity index is 758. The molecule has 1 aromatic carbocycles. The molecule has 0 bridgehead atoms. The number of fused-ring (bicyclic) bond motifs is 1. The monoisotopic (exact) mass is 336 g/mol. The van der Waals surface area contributed by atoms with Gasteiger partial charge in [-0.05, 0) is 24.8 Å². The summed E-state index contributed by atoms with van der Waals surface area (Å²) >= 11 is 0. The van der Waals surface area contributed by atoms with Crippen LogP contribution in [0.3, 0.4) is 0 Å². The van der Waals surface area contributed by atoms with Crippen LogP contribution in [0.15, 0.2) is 30.5 Å². The number of para-hydroxylation sites is 1. The summed E-state index contributed by atoms with van der Waals surface area (Å²) in [6.45, 7) is 3.05. The lowest BCUT2D eigenvalue weighted by atomic mass is 9.94. The van der Waals surface area contributed by atoms with Crippen LogP contribution in [0, 0.1) is 5.92 Å². The minimum Gasteiger partial charge on any atom is -0.338 e. The summed E-state index contributed by atoms with van der Waals surface area (Å²) in [6, 6.07) is 6.05. The van der Waals surface area contributed by atoms with E-state index >= 15 is 0 Å². The van der Waals surface area contributed by atoms with Gasteiger partial charge in [0.15, 0.2) is 0 Å². The quantitative estimate of drug-likeness (QED) is 0.808. The molecule has 128 valence electrons. The van der Waals surface area contributed by atoms with Crippen LogP contribution in [0.4, 0.5) is 13.2 Å². The molecule has 0 radical (unpaired) electrons. The molecule has 1 aromatic heterocycles. The number of amides is 1. The first kappa shape index (κ1) is 16.7. The average Bonchev–Trinajstić information content (AvgIpc) is 2.59. The fourth-order valence-corrected chi connectivity index (χ4v) is 3.36. The Morgan fingerprint density at radius 3 is 2.79 bits per heavy atom. The lowest BCUT2D eigenvalue weighted by Gasteiger charge is -2.33. The minimum atomic E-state index is -4.60. The van der Waals surface area contributed by atoms with Crippen molar-refractivity contribution in [2.24, 2.45) is 5.92 Å². The fourth-order valence-electron chi connectivity index (χ4n) is 3.36. The first-order chi connectivity index (χ1) is 11.4. The molecule has 1 atom stereocenters. The van der Waals surface area contributed by atoms with Crippen molar-refractivity contribution in [3.8, 4) is 0 Å². The maximum atomic E-state index is 13.7. The molecule has 0 saturated carbocycles. The number of likely N-dealkylation sites (tertiary alicyclic amines) is 1. The van der Waals surface area contributed by atoms with Gasteiger partial charge in [-0.25, -0.2) is 0 Å². The summed E-state index contributed by atoms with van der Waals surface area (Å²) < 4.78 is 41.0. The van der Waals surface area contributed by atoms with Crippen LogP contribution >= 0.6 is 0 Å². The van der Waals surface area contributed by atoms with E-state index in [1.165, 1.54) is 18.2 Å². The molecular formula is C18H19F3N2O. The number of carbonyl (C=O) groups excluding carboxylic acids is 1. The van der Waals surface area contributed by atoms with Crippen molar-refractivity contribution in [2.45, 2.75) is 32.4 Å². The fraction of sp³-hybridized carbons (Fsp3) is 0.444. The summed E-state index contributed by atoms with van der Waals surface area (Å²) in [5.74, 6) is -0.218. The molecular weight excluding hydrogens is 317 g/mol. The highest BCUT2D eigenvalue weighted by Crippen LogP contribution is 2.37. The molecule has 0 N–H and O–H groups in total. The molecule has 6 heteroatoms. The van der Waals surface area contributed by atoms with Crippen molar-refractivity contribution in [1.82, 2.24) is 9.88 Å². The van der Waals surface area contributed by atoms with E-state index in [2.05, 4.69) is 4.98 Å². The summed E-state index contributed by atoms with van der Waals surface area (Å²) in [5, 5.41) is -0.0279. The number of aromatic nitrogens is 1. The number of hydrogen-bond donors (Lipinski definition) is 0. The molecule has 1 aliphatic rings. The van der Waals surface area contributed by atoms with Crippen molar-refractivity contribution < 1.29 is 18.0 Å². The lowest BCUT2D eigenvalue weighted by Crippen LogP contribution is -2.40. The SMILES string of the molecule is CCC1CCCN(C(=O)c2cnc3ccccc3c2C(F)(F)F)C1. The van der Waals surface area contributed by atoms with E-state index < -0.39 is 17.6 Å². The van der Waals surface area contributed by atoms with Crippen molar-refractivity contribution in [2.75, 3.05) is 13.1 Å². The Morgan fingerprint density at radius 2 is 2.08 bits per heavy atom. The largest absolute Gasteiger partial charge is 0.417 e. The van der Waals surface area contributed by atoms with Crippen LogP contribution in [0.5, 0.6) is 0 Å². The number of alkyl halides is 3. The van der Waals surface area contributed by atoms with E-state index in [4.69, 9.17) is 0 Å². The van der Waals surface area contributed by atoms with Gasteiger partial charge in [0.2, 0.25) is 0 Å². The average molecular weight is 336 g/mol. The van der Waals surface area contributed by atoms with Crippen LogP contribution in [0.2, 0.25) is 0 Å². The minimum absolute atomic E-state index is 0.0279. The number of nitrogens with zero attached hydrogens (tertiary/aromatic N) is 2. The Morgan fingerprint density at radius 1 is 1.33 bits per heavy atom. The predicted octanol–water partition coefficient (Wildman–Crippen LogP) is 4.52. The van der Waals surface area contributed by atoms with Gasteiger partial charge in [0.25, 0.3) is 5.91 Å². The third-order valence-corrected chi connectivity index (χ3v) is 4.67. The number of benzene rings is 1. The van der Waals surface area contributed by atoms with Gasteiger partial charge in [0.05, 0.1) is 16.6 Å². The van der Waals surface area contributed by atoms with Gasteiger partial charge in [-0.15, -0.1) is 0 Å².